The van der Waals surface area contributed by atoms with E-state index in [1.165, 1.54) is 23.9 Å². The van der Waals surface area contributed by atoms with Gasteiger partial charge in [0.25, 0.3) is 10.1 Å². The molecule has 4 aromatic rings. The van der Waals surface area contributed by atoms with E-state index in [2.05, 4.69) is 10.6 Å². The Morgan fingerprint density at radius 1 is 0.720 bits per heavy atom. The summed E-state index contributed by atoms with van der Waals surface area (Å²) >= 11 is 1.43. The zero-order chi connectivity index (χ0) is 36.7. The van der Waals surface area contributed by atoms with E-state index in [0.717, 1.165) is 28.8 Å². The van der Waals surface area contributed by atoms with Crippen LogP contribution in [0.1, 0.15) is 56.9 Å². The number of carboxylic acids is 1. The number of thioether (sulfide) groups is 1. The van der Waals surface area contributed by atoms with Crippen molar-refractivity contribution in [1.29, 1.82) is 0 Å². The largest absolute Gasteiger partial charge is 0.480 e. The smallest absolute Gasteiger partial charge is 0.408 e. The van der Waals surface area contributed by atoms with E-state index in [0.29, 0.717) is 5.56 Å². The van der Waals surface area contributed by atoms with Gasteiger partial charge in [-0.05, 0) is 69.0 Å². The van der Waals surface area contributed by atoms with Crippen molar-refractivity contribution >= 4 is 39.8 Å². The summed E-state index contributed by atoms with van der Waals surface area (Å²) < 4.78 is 35.8. The second kappa shape index (κ2) is 15.5. The number of ether oxygens (including phenoxy) is 1. The number of amides is 2. The molecule has 12 heteroatoms. The van der Waals surface area contributed by atoms with Gasteiger partial charge in [-0.3, -0.25) is 9.35 Å². The summed E-state index contributed by atoms with van der Waals surface area (Å²) in [5, 5.41) is 15.5. The lowest BCUT2D eigenvalue weighted by Crippen LogP contribution is -2.60. The van der Waals surface area contributed by atoms with Crippen LogP contribution in [0.5, 0.6) is 0 Å². The predicted molar refractivity (Wildman–Crippen MR) is 194 cm³/mol. The molecule has 0 aliphatic heterocycles. The first-order valence-electron chi connectivity index (χ1n) is 15.9. The van der Waals surface area contributed by atoms with Gasteiger partial charge in [-0.2, -0.15) is 8.42 Å². The van der Waals surface area contributed by atoms with Crippen LogP contribution in [0.2, 0.25) is 0 Å². The summed E-state index contributed by atoms with van der Waals surface area (Å²) in [5.41, 5.74) is 2.27. The van der Waals surface area contributed by atoms with Crippen LogP contribution in [-0.4, -0.2) is 58.5 Å². The summed E-state index contributed by atoms with van der Waals surface area (Å²) in [6, 6.07) is 31.7. The molecule has 264 valence electrons. The number of hydrogen-bond donors (Lipinski definition) is 4. The highest BCUT2D eigenvalue weighted by Crippen LogP contribution is 2.54. The van der Waals surface area contributed by atoms with Crippen LogP contribution in [0.15, 0.2) is 120 Å². The van der Waals surface area contributed by atoms with Gasteiger partial charge in [0.15, 0.2) is 0 Å². The molecule has 0 aliphatic carbocycles. The molecule has 10 nitrogen and oxygen atoms in total. The number of carbonyl (C=O) groups is 3. The van der Waals surface area contributed by atoms with E-state index in [4.69, 9.17) is 4.74 Å². The van der Waals surface area contributed by atoms with Gasteiger partial charge in [0, 0.05) is 11.2 Å². The molecule has 0 saturated carbocycles. The monoisotopic (exact) mass is 718 g/mol. The van der Waals surface area contributed by atoms with E-state index in [9.17, 15) is 32.5 Å². The number of nitrogens with one attached hydrogen (secondary N) is 2. The highest BCUT2D eigenvalue weighted by molar-refractivity contribution is 8.02. The van der Waals surface area contributed by atoms with E-state index in [1.807, 2.05) is 105 Å². The summed E-state index contributed by atoms with van der Waals surface area (Å²) in [5.74, 6) is -2.11. The average molecular weight is 719 g/mol. The van der Waals surface area contributed by atoms with Gasteiger partial charge in [-0.25, -0.2) is 9.59 Å². The van der Waals surface area contributed by atoms with Gasteiger partial charge >= 0.3 is 12.1 Å². The van der Waals surface area contributed by atoms with Crippen LogP contribution >= 0.6 is 11.8 Å². The molecule has 0 spiro atoms. The molecule has 0 fully saturated rings. The molecule has 0 aliphatic rings. The van der Waals surface area contributed by atoms with Crippen molar-refractivity contribution < 1.29 is 37.2 Å². The molecule has 0 bridgehead atoms. The van der Waals surface area contributed by atoms with E-state index >= 15 is 0 Å². The van der Waals surface area contributed by atoms with Gasteiger partial charge in [-0.15, -0.1) is 11.8 Å². The molecule has 0 radical (unpaired) electrons. The van der Waals surface area contributed by atoms with Crippen LogP contribution in [-0.2, 0) is 35.6 Å². The average Bonchev–Trinajstić information content (AvgIpc) is 3.06. The van der Waals surface area contributed by atoms with Crippen molar-refractivity contribution in [3.63, 3.8) is 0 Å². The van der Waals surface area contributed by atoms with Gasteiger partial charge in [0.05, 0.1) is 9.64 Å². The van der Waals surface area contributed by atoms with Gasteiger partial charge in [0.2, 0.25) is 5.91 Å². The quantitative estimate of drug-likeness (QED) is 0.0901. The number of hydrogen-bond acceptors (Lipinski definition) is 7. The number of rotatable bonds is 13. The molecular formula is C38H42N2O8S2. The summed E-state index contributed by atoms with van der Waals surface area (Å²) in [4.78, 5) is 39.7. The highest BCUT2D eigenvalue weighted by Gasteiger charge is 2.48. The van der Waals surface area contributed by atoms with Crippen LogP contribution in [0.4, 0.5) is 4.79 Å². The lowest BCUT2D eigenvalue weighted by Gasteiger charge is -2.44. The first-order valence-corrected chi connectivity index (χ1v) is 18.1. The third-order valence-electron chi connectivity index (χ3n) is 7.85. The fourth-order valence-corrected chi connectivity index (χ4v) is 7.93. The Hall–Kier alpha value is -4.65. The fourth-order valence-electron chi connectivity index (χ4n) is 5.62. The van der Waals surface area contributed by atoms with Gasteiger partial charge < -0.3 is 20.5 Å². The van der Waals surface area contributed by atoms with E-state index in [1.54, 1.807) is 20.8 Å². The van der Waals surface area contributed by atoms with Crippen molar-refractivity contribution in [2.45, 2.75) is 73.1 Å². The SMILES string of the molecule is CC(C)(C)OC(=O)N[C@H](C(=O)N[C@@H](Cc1ccc(S(=O)(=O)O)cc1)C(=O)O)C(C)(C)SC(c1ccccc1)(c1ccccc1)c1ccccc1. The molecule has 2 amide bonds. The topological polar surface area (TPSA) is 159 Å². The van der Waals surface area contributed by atoms with Crippen molar-refractivity contribution in [2.75, 3.05) is 0 Å². The molecule has 4 rings (SSSR count). The molecule has 4 N–H and O–H groups in total. The summed E-state index contributed by atoms with van der Waals surface area (Å²) in [7, 11) is -4.45. The van der Waals surface area contributed by atoms with Gasteiger partial charge in [-0.1, -0.05) is 103 Å². The number of benzene rings is 4. The molecule has 50 heavy (non-hydrogen) atoms. The van der Waals surface area contributed by atoms with Crippen molar-refractivity contribution in [2.24, 2.45) is 0 Å². The zero-order valence-corrected chi connectivity index (χ0v) is 30.1. The van der Waals surface area contributed by atoms with Crippen molar-refractivity contribution in [3.05, 3.63) is 138 Å². The van der Waals surface area contributed by atoms with Gasteiger partial charge in [0.1, 0.15) is 17.7 Å². The van der Waals surface area contributed by atoms with E-state index < -0.39 is 55.3 Å². The third-order valence-corrected chi connectivity index (χ3v) is 10.5. The lowest BCUT2D eigenvalue weighted by molar-refractivity contribution is -0.142. The van der Waals surface area contributed by atoms with Crippen LogP contribution in [0.25, 0.3) is 0 Å². The second-order valence-corrected chi connectivity index (χ2v) is 16.6. The number of carbonyl (C=O) groups excluding carboxylic acids is 2. The molecule has 4 aromatic carbocycles. The first-order chi connectivity index (χ1) is 23.4. The minimum atomic E-state index is -4.45. The number of aliphatic carboxylic acids is 1. The molecular weight excluding hydrogens is 677 g/mol. The molecule has 0 heterocycles. The van der Waals surface area contributed by atoms with Crippen LogP contribution < -0.4 is 10.6 Å². The summed E-state index contributed by atoms with van der Waals surface area (Å²) in [6.45, 7) is 8.71. The maximum absolute atomic E-state index is 14.3. The first kappa shape index (κ1) is 38.2. The Morgan fingerprint density at radius 3 is 1.54 bits per heavy atom. The zero-order valence-electron chi connectivity index (χ0n) is 28.5. The molecule has 0 unspecified atom stereocenters. The standard InChI is InChI=1S/C38H42N2O8S2/c1-36(2,3)48-35(44)40-32(33(41)39-31(34(42)43)25-26-21-23-30(24-22-26)50(45,46)47)37(4,5)49-38(27-15-9-6-10-16-27,28-17-11-7-12-18-28)29-19-13-8-14-20-29/h6-24,31-32H,25H2,1-5H3,(H,39,41)(H,40,44)(H,42,43)(H,45,46,47)/t31-,32+/m0/s1. The second-order valence-electron chi connectivity index (χ2n) is 13.3. The van der Waals surface area contributed by atoms with Crippen molar-refractivity contribution in [1.82, 2.24) is 10.6 Å². The fraction of sp³-hybridized carbons (Fsp3) is 0.289. The Kier molecular flexibility index (Phi) is 11.8. The van der Waals surface area contributed by atoms with Crippen molar-refractivity contribution in [3.8, 4) is 0 Å². The number of carboxylic acid groups (broad SMARTS) is 1. The van der Waals surface area contributed by atoms with E-state index in [-0.39, 0.29) is 11.3 Å². The third kappa shape index (κ3) is 9.52. The Balaban J connectivity index is 1.79. The maximum atomic E-state index is 14.3. The van der Waals surface area contributed by atoms with Crippen LogP contribution in [0.3, 0.4) is 0 Å². The van der Waals surface area contributed by atoms with Crippen LogP contribution in [0, 0.1) is 0 Å². The Bertz CT molecular complexity index is 1780. The molecule has 0 aromatic heterocycles. The Morgan fingerprint density at radius 2 is 1.16 bits per heavy atom. The number of alkyl carbamates (subject to hydrolysis) is 1. The molecule has 2 atom stereocenters. The predicted octanol–water partition coefficient (Wildman–Crippen LogP) is 6.44. The Labute approximate surface area is 297 Å². The molecule has 0 saturated heterocycles. The summed E-state index contributed by atoms with van der Waals surface area (Å²) in [6.07, 6.45) is -1.06. The lowest BCUT2D eigenvalue weighted by atomic mass is 9.84. The normalized spacial score (nSPS) is 13.5. The maximum Gasteiger partial charge on any atom is 0.408 e. The minimum absolute atomic E-state index is 0.207. The highest BCUT2D eigenvalue weighted by atomic mass is 32.2. The minimum Gasteiger partial charge on any atom is -0.480 e.